The molecule has 0 bridgehead atoms. The van der Waals surface area contributed by atoms with E-state index in [1.807, 2.05) is 30.3 Å². The predicted molar refractivity (Wildman–Crippen MR) is 145 cm³/mol. The number of anilines is 1. The summed E-state index contributed by atoms with van der Waals surface area (Å²) in [5.74, 6) is -0.347. The number of carbonyl (C=O) groups excluding carboxylic acids is 2. The van der Waals surface area contributed by atoms with Crippen molar-refractivity contribution in [3.05, 3.63) is 41.5 Å². The molecule has 2 aromatic carbocycles. The van der Waals surface area contributed by atoms with Gasteiger partial charge in [-0.3, -0.25) is 14.5 Å². The second-order valence-electron chi connectivity index (χ2n) is 9.33. The zero-order valence-corrected chi connectivity index (χ0v) is 21.6. The normalized spacial score (nSPS) is 13.3. The van der Waals surface area contributed by atoms with Crippen LogP contribution in [0.1, 0.15) is 73.1 Å². The number of carbonyl (C=O) groups is 2. The molecule has 35 heavy (non-hydrogen) atoms. The van der Waals surface area contributed by atoms with Crippen molar-refractivity contribution in [3.8, 4) is 0 Å². The van der Waals surface area contributed by atoms with Gasteiger partial charge in [-0.2, -0.15) is 0 Å². The van der Waals surface area contributed by atoms with Crippen molar-refractivity contribution >= 4 is 28.3 Å². The first-order valence-electron chi connectivity index (χ1n) is 13.4. The number of unbranched alkanes of at least 4 members (excludes halogenated alkanes) is 3. The number of benzene rings is 2. The molecule has 0 saturated heterocycles. The molecule has 7 heteroatoms. The molecule has 0 atom stereocenters. The van der Waals surface area contributed by atoms with E-state index in [0.717, 1.165) is 101 Å². The minimum Gasteiger partial charge on any atom is -0.372 e. The van der Waals surface area contributed by atoms with Crippen molar-refractivity contribution in [1.82, 2.24) is 9.80 Å². The number of hydrogen-bond acceptors (Lipinski definition) is 6. The van der Waals surface area contributed by atoms with Gasteiger partial charge in [0.05, 0.1) is 0 Å². The number of nitrogens with two attached hydrogens (primary N) is 2. The molecule has 4 N–H and O–H groups in total. The Morgan fingerprint density at radius 1 is 0.743 bits per heavy atom. The first-order valence-corrected chi connectivity index (χ1v) is 13.4. The number of nitrogens with zero attached hydrogens (tertiary/aromatic N) is 3. The Balaban J connectivity index is 1.68. The molecule has 2 amide bonds. The maximum Gasteiger partial charge on any atom is 0.261 e. The van der Waals surface area contributed by atoms with Gasteiger partial charge < -0.3 is 21.3 Å². The van der Waals surface area contributed by atoms with E-state index >= 15 is 0 Å². The van der Waals surface area contributed by atoms with Crippen molar-refractivity contribution in [2.75, 3.05) is 57.3 Å². The maximum atomic E-state index is 13.4. The topological polar surface area (TPSA) is 95.9 Å². The Labute approximate surface area is 210 Å². The van der Waals surface area contributed by atoms with Crippen LogP contribution in [-0.4, -0.2) is 74.0 Å². The molecule has 1 aliphatic rings. The Hall–Kier alpha value is -2.48. The summed E-state index contributed by atoms with van der Waals surface area (Å²) in [6, 6.07) is 9.74. The molecule has 0 aliphatic carbocycles. The zero-order valence-electron chi connectivity index (χ0n) is 21.6. The third-order valence-corrected chi connectivity index (χ3v) is 7.04. The Bertz CT molecular complexity index is 956. The summed E-state index contributed by atoms with van der Waals surface area (Å²) in [6.07, 6.45) is 6.00. The van der Waals surface area contributed by atoms with Gasteiger partial charge in [0.15, 0.2) is 0 Å². The minimum absolute atomic E-state index is 0.174. The van der Waals surface area contributed by atoms with Crippen molar-refractivity contribution in [1.29, 1.82) is 0 Å². The maximum absolute atomic E-state index is 13.4. The van der Waals surface area contributed by atoms with Gasteiger partial charge in [-0.05, 0) is 103 Å². The van der Waals surface area contributed by atoms with Crippen LogP contribution in [-0.2, 0) is 0 Å². The highest BCUT2D eigenvalue weighted by Crippen LogP contribution is 2.36. The summed E-state index contributed by atoms with van der Waals surface area (Å²) in [5.41, 5.74) is 13.7. The first kappa shape index (κ1) is 27.1. The van der Waals surface area contributed by atoms with E-state index < -0.39 is 0 Å². The van der Waals surface area contributed by atoms with Crippen LogP contribution in [0, 0.1) is 0 Å². The third-order valence-electron chi connectivity index (χ3n) is 7.04. The van der Waals surface area contributed by atoms with E-state index in [9.17, 15) is 9.59 Å². The van der Waals surface area contributed by atoms with Gasteiger partial charge in [-0.15, -0.1) is 0 Å². The van der Waals surface area contributed by atoms with Gasteiger partial charge in [-0.1, -0.05) is 12.1 Å². The standard InChI is InChI=1S/C28H43N5O2/c1-3-32(4-2)25-15-14-24-26-22(25)12-11-13-23(26)27(34)33(28(24)35)21-10-9-20-31(18-7-5-16-29)19-8-6-17-30/h11-15H,3-10,16-21,29-30H2,1-2H3. The summed E-state index contributed by atoms with van der Waals surface area (Å²) in [4.78, 5) is 32.9. The Morgan fingerprint density at radius 3 is 1.89 bits per heavy atom. The minimum atomic E-state index is -0.174. The highest BCUT2D eigenvalue weighted by atomic mass is 16.2. The number of imide groups is 1. The lowest BCUT2D eigenvalue weighted by Gasteiger charge is -2.30. The van der Waals surface area contributed by atoms with E-state index in [1.54, 1.807) is 0 Å². The van der Waals surface area contributed by atoms with Crippen LogP contribution in [0.25, 0.3) is 10.8 Å². The van der Waals surface area contributed by atoms with Crippen LogP contribution in [0.3, 0.4) is 0 Å². The summed E-state index contributed by atoms with van der Waals surface area (Å²) >= 11 is 0. The molecule has 1 heterocycles. The molecule has 0 aromatic heterocycles. The largest absolute Gasteiger partial charge is 0.372 e. The van der Waals surface area contributed by atoms with Crippen molar-refractivity contribution < 1.29 is 9.59 Å². The molecular formula is C28H43N5O2. The SMILES string of the molecule is CCN(CC)c1ccc2c3c(cccc13)C(=O)N(CCCCN(CCCCN)CCCCN)C2=O. The average molecular weight is 482 g/mol. The van der Waals surface area contributed by atoms with Gasteiger partial charge in [-0.25, -0.2) is 0 Å². The Kier molecular flexibility index (Phi) is 10.5. The molecule has 0 fully saturated rings. The third kappa shape index (κ3) is 6.40. The quantitative estimate of drug-likeness (QED) is 0.279. The molecule has 0 saturated carbocycles. The van der Waals surface area contributed by atoms with E-state index in [4.69, 9.17) is 11.5 Å². The van der Waals surface area contributed by atoms with E-state index in [-0.39, 0.29) is 11.8 Å². The van der Waals surface area contributed by atoms with Gasteiger partial charge in [0.25, 0.3) is 11.8 Å². The molecule has 192 valence electrons. The van der Waals surface area contributed by atoms with Crippen LogP contribution < -0.4 is 16.4 Å². The lowest BCUT2D eigenvalue weighted by molar-refractivity contribution is 0.0606. The van der Waals surface area contributed by atoms with Crippen LogP contribution in [0.15, 0.2) is 30.3 Å². The molecular weight excluding hydrogens is 438 g/mol. The van der Waals surface area contributed by atoms with Gasteiger partial charge in [0.1, 0.15) is 0 Å². The highest BCUT2D eigenvalue weighted by molar-refractivity contribution is 6.26. The smallest absolute Gasteiger partial charge is 0.261 e. The van der Waals surface area contributed by atoms with Gasteiger partial charge in [0, 0.05) is 47.2 Å². The lowest BCUT2D eigenvalue weighted by atomic mass is 9.92. The molecule has 1 aliphatic heterocycles. The number of rotatable bonds is 16. The lowest BCUT2D eigenvalue weighted by Crippen LogP contribution is -2.41. The number of amides is 2. The Morgan fingerprint density at radius 2 is 1.31 bits per heavy atom. The second kappa shape index (κ2) is 13.6. The fraction of sp³-hybridized carbons (Fsp3) is 0.571. The summed E-state index contributed by atoms with van der Waals surface area (Å²) in [6.45, 7) is 10.9. The summed E-state index contributed by atoms with van der Waals surface area (Å²) in [7, 11) is 0. The van der Waals surface area contributed by atoms with Gasteiger partial charge in [0.2, 0.25) is 0 Å². The molecule has 0 radical (unpaired) electrons. The molecule has 2 aromatic rings. The molecule has 7 nitrogen and oxygen atoms in total. The van der Waals surface area contributed by atoms with E-state index in [0.29, 0.717) is 17.7 Å². The van der Waals surface area contributed by atoms with Crippen molar-refractivity contribution in [3.63, 3.8) is 0 Å². The summed E-state index contributed by atoms with van der Waals surface area (Å²) in [5, 5.41) is 1.78. The van der Waals surface area contributed by atoms with Crippen molar-refractivity contribution in [2.24, 2.45) is 11.5 Å². The molecule has 3 rings (SSSR count). The number of hydrogen-bond donors (Lipinski definition) is 2. The van der Waals surface area contributed by atoms with Crippen LogP contribution in [0.4, 0.5) is 5.69 Å². The van der Waals surface area contributed by atoms with Crippen LogP contribution >= 0.6 is 0 Å². The predicted octanol–water partition coefficient (Wildman–Crippen LogP) is 3.84. The average Bonchev–Trinajstić information content (AvgIpc) is 2.87. The fourth-order valence-electron chi connectivity index (χ4n) is 5.07. The second-order valence-corrected chi connectivity index (χ2v) is 9.33. The highest BCUT2D eigenvalue weighted by Gasteiger charge is 2.33. The van der Waals surface area contributed by atoms with E-state index in [2.05, 4.69) is 23.6 Å². The van der Waals surface area contributed by atoms with E-state index in [1.165, 1.54) is 4.90 Å². The fourth-order valence-corrected chi connectivity index (χ4v) is 5.07. The molecule has 0 spiro atoms. The van der Waals surface area contributed by atoms with Crippen molar-refractivity contribution in [2.45, 2.75) is 52.4 Å². The zero-order chi connectivity index (χ0) is 25.2. The van der Waals surface area contributed by atoms with Crippen LogP contribution in [0.5, 0.6) is 0 Å². The van der Waals surface area contributed by atoms with Gasteiger partial charge >= 0.3 is 0 Å². The molecule has 0 unspecified atom stereocenters. The monoisotopic (exact) mass is 481 g/mol. The van der Waals surface area contributed by atoms with Crippen LogP contribution in [0.2, 0.25) is 0 Å². The first-order chi connectivity index (χ1) is 17.1. The summed E-state index contributed by atoms with van der Waals surface area (Å²) < 4.78 is 0.